The Labute approximate surface area is 235 Å². The predicted molar refractivity (Wildman–Crippen MR) is 144 cm³/mol. The molecule has 5 rings (SSSR count). The second-order valence-electron chi connectivity index (χ2n) is 8.74. The van der Waals surface area contributed by atoms with Crippen LogP contribution in [0.3, 0.4) is 0 Å². The fourth-order valence-corrected chi connectivity index (χ4v) is 4.52. The van der Waals surface area contributed by atoms with E-state index < -0.39 is 17.8 Å². The molecule has 39 heavy (non-hydrogen) atoms. The van der Waals surface area contributed by atoms with Gasteiger partial charge >= 0.3 is 6.18 Å². The van der Waals surface area contributed by atoms with Crippen LogP contribution in [0.4, 0.5) is 18.9 Å². The summed E-state index contributed by atoms with van der Waals surface area (Å²) >= 11 is 18.0. The van der Waals surface area contributed by atoms with Gasteiger partial charge in [0.15, 0.2) is 17.0 Å². The van der Waals surface area contributed by atoms with Gasteiger partial charge in [0, 0.05) is 16.7 Å². The van der Waals surface area contributed by atoms with Gasteiger partial charge in [0.1, 0.15) is 0 Å². The number of halogens is 6. The molecule has 0 radical (unpaired) electrons. The van der Waals surface area contributed by atoms with Gasteiger partial charge in [0.05, 0.1) is 39.4 Å². The van der Waals surface area contributed by atoms with Crippen molar-refractivity contribution in [3.63, 3.8) is 0 Å². The van der Waals surface area contributed by atoms with Gasteiger partial charge in [-0.15, -0.1) is 0 Å². The van der Waals surface area contributed by atoms with Crippen LogP contribution in [0.1, 0.15) is 33.1 Å². The molecule has 0 aliphatic rings. The molecule has 1 N–H and O–H groups in total. The number of carbonyl (C=O) groups excluding carboxylic acids is 1. The molecule has 200 valence electrons. The molecule has 0 atom stereocenters. The first-order chi connectivity index (χ1) is 18.4. The lowest BCUT2D eigenvalue weighted by Crippen LogP contribution is -2.16. The van der Waals surface area contributed by atoms with Gasteiger partial charge in [-0.1, -0.05) is 53.0 Å². The summed E-state index contributed by atoms with van der Waals surface area (Å²) in [6, 6.07) is 13.5. The average molecular weight is 594 g/mol. The first kappa shape index (κ1) is 27.0. The third-order valence-electron chi connectivity index (χ3n) is 6.03. The Morgan fingerprint density at radius 2 is 1.67 bits per heavy atom. The van der Waals surface area contributed by atoms with E-state index in [-0.39, 0.29) is 17.0 Å². The summed E-state index contributed by atoms with van der Waals surface area (Å²) in [5, 5.41) is 12.4. The molecule has 0 fully saturated rings. The maximum absolute atomic E-state index is 13.9. The Bertz CT molecular complexity index is 1730. The largest absolute Gasteiger partial charge is 0.433 e. The number of nitrogens with one attached hydrogen (secondary N) is 1. The summed E-state index contributed by atoms with van der Waals surface area (Å²) in [5.41, 5.74) is 1.46. The number of fused-ring (bicyclic) bond motifs is 1. The van der Waals surface area contributed by atoms with E-state index in [1.807, 2.05) is 6.07 Å². The normalized spacial score (nSPS) is 11.8. The van der Waals surface area contributed by atoms with Crippen LogP contribution < -0.4 is 5.32 Å². The molecule has 0 bridgehead atoms. The Morgan fingerprint density at radius 3 is 2.33 bits per heavy atom. The van der Waals surface area contributed by atoms with Crippen LogP contribution >= 0.6 is 34.8 Å². The Kier molecular flexibility index (Phi) is 7.04. The number of aromatic nitrogens is 5. The number of benzene rings is 2. The molecule has 1 amide bonds. The van der Waals surface area contributed by atoms with Gasteiger partial charge < -0.3 is 5.32 Å². The van der Waals surface area contributed by atoms with E-state index in [4.69, 9.17) is 34.8 Å². The van der Waals surface area contributed by atoms with Crippen molar-refractivity contribution in [2.24, 2.45) is 0 Å². The summed E-state index contributed by atoms with van der Waals surface area (Å²) in [5.74, 6) is -0.707. The number of carbonyl (C=O) groups is 1. The summed E-state index contributed by atoms with van der Waals surface area (Å²) in [4.78, 5) is 17.4. The van der Waals surface area contributed by atoms with Crippen LogP contribution in [0.25, 0.3) is 16.9 Å². The third kappa shape index (κ3) is 5.45. The third-order valence-corrected chi connectivity index (χ3v) is 7.02. The summed E-state index contributed by atoms with van der Waals surface area (Å²) < 4.78 is 44.1. The molecule has 3 aromatic heterocycles. The molecule has 0 aliphatic carbocycles. The lowest BCUT2D eigenvalue weighted by molar-refractivity contribution is -0.142. The number of anilines is 1. The van der Waals surface area contributed by atoms with Gasteiger partial charge in [0.25, 0.3) is 5.91 Å². The lowest BCUT2D eigenvalue weighted by Gasteiger charge is -2.11. The van der Waals surface area contributed by atoms with E-state index in [1.165, 1.54) is 6.07 Å². The Hall–Kier alpha value is -3.60. The molecular weight excluding hydrogens is 576 g/mol. The number of amides is 1. The van der Waals surface area contributed by atoms with Crippen LogP contribution in [-0.2, 0) is 12.7 Å². The summed E-state index contributed by atoms with van der Waals surface area (Å²) in [6.45, 7) is 3.83. The van der Waals surface area contributed by atoms with E-state index in [9.17, 15) is 18.0 Å². The smallest absolute Gasteiger partial charge is 0.317 e. The van der Waals surface area contributed by atoms with Crippen molar-refractivity contribution >= 4 is 52.0 Å². The Morgan fingerprint density at radius 1 is 0.949 bits per heavy atom. The average Bonchev–Trinajstić information content (AvgIpc) is 3.42. The monoisotopic (exact) mass is 592 g/mol. The van der Waals surface area contributed by atoms with E-state index in [0.717, 1.165) is 11.6 Å². The molecule has 0 unspecified atom stereocenters. The maximum atomic E-state index is 13.9. The van der Waals surface area contributed by atoms with Crippen LogP contribution in [0.15, 0.2) is 54.6 Å². The fraction of sp³-hybridized carbons (Fsp3) is 0.154. The van der Waals surface area contributed by atoms with E-state index in [0.29, 0.717) is 48.8 Å². The zero-order valence-electron chi connectivity index (χ0n) is 20.3. The highest BCUT2D eigenvalue weighted by molar-refractivity contribution is 6.42. The van der Waals surface area contributed by atoms with Gasteiger partial charge in [0.2, 0.25) is 0 Å². The van der Waals surface area contributed by atoms with Gasteiger partial charge in [-0.2, -0.15) is 23.4 Å². The minimum atomic E-state index is -4.75. The van der Waals surface area contributed by atoms with Crippen molar-refractivity contribution < 1.29 is 18.0 Å². The molecule has 3 heterocycles. The molecule has 5 aromatic rings. The zero-order chi connectivity index (χ0) is 28.1. The van der Waals surface area contributed by atoms with E-state index in [2.05, 4.69) is 20.5 Å². The Balaban J connectivity index is 1.47. The molecular formula is C26H18Cl3F3N6O. The number of alkyl halides is 3. The maximum Gasteiger partial charge on any atom is 0.433 e. The molecule has 0 saturated carbocycles. The summed E-state index contributed by atoms with van der Waals surface area (Å²) in [7, 11) is 0. The highest BCUT2D eigenvalue weighted by Crippen LogP contribution is 2.33. The SMILES string of the molecule is Cc1nn(Cc2ccc(Cl)c(Cl)c2)c(C)c1NC(=O)c1cc2nc(-c3ccc(Cl)cc3)cc(C(F)(F)F)n2n1. The standard InChI is InChI=1S/C26H18Cl3F3N6O/c1-13-24(14(2)37(35-13)12-15-3-8-18(28)19(29)9-15)34-25(39)21-11-23-33-20(16-4-6-17(27)7-5-16)10-22(26(30,31)32)38(23)36-21/h3-11H,12H2,1-2H3,(H,34,39). The van der Waals surface area contributed by atoms with Crippen LogP contribution in [-0.4, -0.2) is 30.3 Å². The molecule has 0 spiro atoms. The number of aryl methyl sites for hydroxylation is 1. The second kappa shape index (κ2) is 10.2. The lowest BCUT2D eigenvalue weighted by atomic mass is 10.1. The van der Waals surface area contributed by atoms with Crippen LogP contribution in [0.2, 0.25) is 15.1 Å². The number of hydrogen-bond donors (Lipinski definition) is 1. The first-order valence-corrected chi connectivity index (χ1v) is 12.6. The van der Waals surface area contributed by atoms with Gasteiger partial charge in [-0.05, 0) is 49.7 Å². The van der Waals surface area contributed by atoms with Crippen molar-refractivity contribution in [3.05, 3.63) is 98.0 Å². The predicted octanol–water partition coefficient (Wildman–Crippen LogP) is 7.49. The number of hydrogen-bond acceptors (Lipinski definition) is 4. The van der Waals surface area contributed by atoms with E-state index >= 15 is 0 Å². The summed E-state index contributed by atoms with van der Waals surface area (Å²) in [6.07, 6.45) is -4.75. The first-order valence-electron chi connectivity index (χ1n) is 11.4. The number of rotatable bonds is 5. The van der Waals surface area contributed by atoms with Crippen molar-refractivity contribution in [3.8, 4) is 11.3 Å². The van der Waals surface area contributed by atoms with Crippen LogP contribution in [0.5, 0.6) is 0 Å². The highest BCUT2D eigenvalue weighted by atomic mass is 35.5. The minimum absolute atomic E-state index is 0.0635. The van der Waals surface area contributed by atoms with Crippen molar-refractivity contribution in [1.82, 2.24) is 24.4 Å². The fourth-order valence-electron chi connectivity index (χ4n) is 4.08. The molecule has 2 aromatic carbocycles. The van der Waals surface area contributed by atoms with Crippen molar-refractivity contribution in [1.29, 1.82) is 0 Å². The topological polar surface area (TPSA) is 77.1 Å². The second-order valence-corrected chi connectivity index (χ2v) is 9.99. The van der Waals surface area contributed by atoms with Crippen LogP contribution in [0, 0.1) is 13.8 Å². The molecule has 0 aliphatic heterocycles. The minimum Gasteiger partial charge on any atom is -0.317 e. The molecule has 7 nitrogen and oxygen atoms in total. The number of nitrogens with zero attached hydrogens (tertiary/aromatic N) is 5. The highest BCUT2D eigenvalue weighted by Gasteiger charge is 2.35. The van der Waals surface area contributed by atoms with Gasteiger partial charge in [-0.25, -0.2) is 9.50 Å². The van der Waals surface area contributed by atoms with Gasteiger partial charge in [-0.3, -0.25) is 9.48 Å². The zero-order valence-corrected chi connectivity index (χ0v) is 22.6. The molecule has 13 heteroatoms. The van der Waals surface area contributed by atoms with Crippen molar-refractivity contribution in [2.45, 2.75) is 26.6 Å². The molecule has 0 saturated heterocycles. The van der Waals surface area contributed by atoms with E-state index in [1.54, 1.807) is 54.9 Å². The quantitative estimate of drug-likeness (QED) is 0.229. The van der Waals surface area contributed by atoms with Crippen molar-refractivity contribution in [2.75, 3.05) is 5.32 Å².